The summed E-state index contributed by atoms with van der Waals surface area (Å²) in [6.45, 7) is 3.22. The average molecular weight is 532 g/mol. The van der Waals surface area contributed by atoms with E-state index in [1.807, 2.05) is 23.9 Å². The maximum absolute atomic E-state index is 11.9. The van der Waals surface area contributed by atoms with Crippen molar-refractivity contribution in [3.05, 3.63) is 39.4 Å². The maximum Gasteiger partial charge on any atom is 0.389 e. The van der Waals surface area contributed by atoms with Crippen molar-refractivity contribution in [2.45, 2.75) is 75.3 Å². The highest BCUT2D eigenvalue weighted by molar-refractivity contribution is 8.45. The molecule has 0 aliphatic rings. The van der Waals surface area contributed by atoms with Crippen LogP contribution in [-0.2, 0) is 13.1 Å². The second kappa shape index (κ2) is 18.1. The zero-order valence-electron chi connectivity index (χ0n) is 18.3. The zero-order valence-corrected chi connectivity index (χ0v) is 21.6. The van der Waals surface area contributed by atoms with Gasteiger partial charge in [0.25, 0.3) is 0 Å². The predicted octanol–water partition coefficient (Wildman–Crippen LogP) is 8.04. The Morgan fingerprint density at radius 1 is 0.969 bits per heavy atom. The number of hydrogen-bond acceptors (Lipinski definition) is 7. The van der Waals surface area contributed by atoms with Crippen LogP contribution in [0.5, 0.6) is 0 Å². The molecule has 0 bridgehead atoms. The van der Waals surface area contributed by atoms with Crippen LogP contribution in [-0.4, -0.2) is 28.1 Å². The van der Waals surface area contributed by atoms with Gasteiger partial charge in [0.05, 0.1) is 26.8 Å². The third-order valence-electron chi connectivity index (χ3n) is 4.19. The molecule has 11 heteroatoms. The number of thioether (sulfide) groups is 1. The van der Waals surface area contributed by atoms with Crippen molar-refractivity contribution in [3.63, 3.8) is 0 Å². The topological polar surface area (TPSA) is 64.5 Å². The molecule has 2 aromatic rings. The van der Waals surface area contributed by atoms with Gasteiger partial charge in [0.2, 0.25) is 0 Å². The summed E-state index contributed by atoms with van der Waals surface area (Å²) in [6, 6.07) is 8.11. The van der Waals surface area contributed by atoms with Crippen LogP contribution < -0.4 is 11.0 Å². The summed E-state index contributed by atoms with van der Waals surface area (Å²) in [4.78, 5) is 2.31. The predicted molar refractivity (Wildman–Crippen MR) is 133 cm³/mol. The van der Waals surface area contributed by atoms with Crippen LogP contribution in [0.25, 0.3) is 0 Å². The van der Waals surface area contributed by atoms with E-state index in [0.29, 0.717) is 19.5 Å². The molecule has 0 fully saturated rings. The third-order valence-corrected chi connectivity index (χ3v) is 10.7. The Hall–Kier alpha value is -0.270. The van der Waals surface area contributed by atoms with Crippen LogP contribution in [0.1, 0.15) is 61.6 Å². The standard InChI is InChI=1S/C11H17F3NOS2.C10H17NOS2/c12-11(13,14)6-2-1-3-7-17-18-8-4-5-10(18)9-15-16;1-2-3-4-7-13-10-6-5-9(14-10)8-11-12/h4-5,8,15-16H,1-3,6-7,9H2;5-6,11-12H,2-4,7-8H2,1H3/q+1;. The lowest BCUT2D eigenvalue weighted by Gasteiger charge is -2.04. The second-order valence-electron chi connectivity index (χ2n) is 6.95. The smallest absolute Gasteiger partial charge is 0.316 e. The molecule has 0 radical (unpaired) electrons. The van der Waals surface area contributed by atoms with E-state index in [-0.39, 0.29) is 15.9 Å². The van der Waals surface area contributed by atoms with Gasteiger partial charge in [-0.2, -0.15) is 18.7 Å². The van der Waals surface area contributed by atoms with E-state index in [0.717, 1.165) is 17.1 Å². The second-order valence-corrected chi connectivity index (χ2v) is 13.3. The van der Waals surface area contributed by atoms with Gasteiger partial charge >= 0.3 is 6.18 Å². The van der Waals surface area contributed by atoms with Gasteiger partial charge in [-0.15, -0.1) is 23.1 Å². The summed E-state index contributed by atoms with van der Waals surface area (Å²) in [5.74, 6) is 2.06. The van der Waals surface area contributed by atoms with Gasteiger partial charge in [0.1, 0.15) is 10.8 Å². The molecule has 2 rings (SSSR count). The lowest BCUT2D eigenvalue weighted by molar-refractivity contribution is -0.135. The Morgan fingerprint density at radius 2 is 1.72 bits per heavy atom. The van der Waals surface area contributed by atoms with Crippen LogP contribution in [0.2, 0.25) is 0 Å². The minimum absolute atomic E-state index is 0.0350. The van der Waals surface area contributed by atoms with E-state index in [9.17, 15) is 13.2 Å². The number of alkyl halides is 3. The van der Waals surface area contributed by atoms with Gasteiger partial charge in [-0.3, -0.25) is 0 Å². The lowest BCUT2D eigenvalue weighted by Crippen LogP contribution is -2.06. The van der Waals surface area contributed by atoms with E-state index in [1.54, 1.807) is 22.1 Å². The van der Waals surface area contributed by atoms with Crippen molar-refractivity contribution < 1.29 is 23.6 Å². The summed E-state index contributed by atoms with van der Waals surface area (Å²) >= 11 is 3.67. The maximum atomic E-state index is 11.9. The van der Waals surface area contributed by atoms with Crippen molar-refractivity contribution in [3.8, 4) is 0 Å². The van der Waals surface area contributed by atoms with Crippen molar-refractivity contribution in [1.82, 2.24) is 11.0 Å². The summed E-state index contributed by atoms with van der Waals surface area (Å²) in [5, 5.41) is 19.2. The number of hydroxylamine groups is 2. The Kier molecular flexibility index (Phi) is 16.8. The summed E-state index contributed by atoms with van der Waals surface area (Å²) in [5.41, 5.74) is 4.30. The zero-order chi connectivity index (χ0) is 23.7. The molecule has 0 amide bonds. The number of hydrogen-bond donors (Lipinski definition) is 4. The monoisotopic (exact) mass is 531 g/mol. The van der Waals surface area contributed by atoms with E-state index in [4.69, 9.17) is 10.4 Å². The molecule has 32 heavy (non-hydrogen) atoms. The van der Waals surface area contributed by atoms with Gasteiger partial charge in [-0.1, -0.05) is 26.2 Å². The molecule has 0 aliphatic heterocycles. The first-order valence-corrected chi connectivity index (χ1v) is 15.2. The van der Waals surface area contributed by atoms with Gasteiger partial charge in [-0.05, 0) is 43.2 Å². The largest absolute Gasteiger partial charge is 0.389 e. The highest BCUT2D eigenvalue weighted by Gasteiger charge is 2.25. The molecule has 4 N–H and O–H groups in total. The molecule has 4 nitrogen and oxygen atoms in total. The third kappa shape index (κ3) is 14.8. The van der Waals surface area contributed by atoms with Crippen LogP contribution in [0.4, 0.5) is 13.2 Å². The molecule has 2 aromatic heterocycles. The SMILES string of the molecule is CCCCCSc1ccc(CNO)s1.ONCc1ccc[s+]1SCCCCCC(F)(F)F. The van der Waals surface area contributed by atoms with Crippen LogP contribution >= 0.6 is 43.4 Å². The fraction of sp³-hybridized carbons (Fsp3) is 0.619. The number of unbranched alkanes of at least 4 members (excludes halogenated alkanes) is 4. The Balaban J connectivity index is 0.000000330. The van der Waals surface area contributed by atoms with Crippen LogP contribution in [0.3, 0.4) is 0 Å². The fourth-order valence-corrected chi connectivity index (χ4v) is 8.43. The first-order valence-electron chi connectivity index (χ1n) is 10.7. The molecule has 1 unspecified atom stereocenters. The molecule has 0 spiro atoms. The van der Waals surface area contributed by atoms with Crippen LogP contribution in [0.15, 0.2) is 33.9 Å². The van der Waals surface area contributed by atoms with Crippen molar-refractivity contribution in [2.24, 2.45) is 0 Å². The average Bonchev–Trinajstić information content (AvgIpc) is 3.38. The summed E-state index contributed by atoms with van der Waals surface area (Å²) in [6.07, 6.45) is 0.840. The Bertz CT molecular complexity index is 711. The van der Waals surface area contributed by atoms with Gasteiger partial charge in [0, 0.05) is 23.1 Å². The first-order chi connectivity index (χ1) is 15.4. The number of halogens is 3. The number of rotatable bonds is 15. The van der Waals surface area contributed by atoms with Gasteiger partial charge in [-0.25, -0.2) is 5.48 Å². The first kappa shape index (κ1) is 29.8. The van der Waals surface area contributed by atoms with E-state index in [2.05, 4.69) is 35.4 Å². The molecular formula is C21H34F3N2O2S4+. The van der Waals surface area contributed by atoms with Crippen molar-refractivity contribution in [2.75, 3.05) is 11.5 Å². The molecule has 2 heterocycles. The van der Waals surface area contributed by atoms with E-state index >= 15 is 0 Å². The highest BCUT2D eigenvalue weighted by Crippen LogP contribution is 2.37. The van der Waals surface area contributed by atoms with Crippen molar-refractivity contribution >= 4 is 43.4 Å². The molecule has 0 saturated carbocycles. The lowest BCUT2D eigenvalue weighted by atomic mass is 10.2. The summed E-state index contributed by atoms with van der Waals surface area (Å²) < 4.78 is 37.0. The minimum Gasteiger partial charge on any atom is -0.316 e. The normalized spacial score (nSPS) is 12.0. The van der Waals surface area contributed by atoms with Gasteiger partial charge < -0.3 is 10.4 Å². The fourth-order valence-electron chi connectivity index (χ4n) is 2.58. The highest BCUT2D eigenvalue weighted by atomic mass is 33.1. The summed E-state index contributed by atoms with van der Waals surface area (Å²) in [7, 11) is 1.70. The van der Waals surface area contributed by atoms with Gasteiger partial charge in [0.15, 0.2) is 10.3 Å². The molecule has 0 aromatic carbocycles. The molecule has 0 saturated heterocycles. The Morgan fingerprint density at radius 3 is 2.41 bits per heavy atom. The minimum atomic E-state index is -4.02. The Labute approximate surface area is 203 Å². The molecule has 1 atom stereocenters. The molecule has 0 aliphatic carbocycles. The molecular weight excluding hydrogens is 498 g/mol. The quantitative estimate of drug-likeness (QED) is 0.0613. The van der Waals surface area contributed by atoms with Crippen LogP contribution in [0, 0.1) is 0 Å². The van der Waals surface area contributed by atoms with Crippen molar-refractivity contribution in [1.29, 1.82) is 0 Å². The number of nitrogens with one attached hydrogen (secondary N) is 2. The number of thiophene rings is 2. The molecule has 184 valence electrons. The van der Waals surface area contributed by atoms with E-state index < -0.39 is 12.6 Å². The van der Waals surface area contributed by atoms with E-state index in [1.165, 1.54) is 34.1 Å².